The Morgan fingerprint density at radius 3 is 2.75 bits per heavy atom. The molecule has 166 valence electrons. The van der Waals surface area contributed by atoms with Gasteiger partial charge < -0.3 is 15.3 Å². The van der Waals surface area contributed by atoms with E-state index < -0.39 is 11.6 Å². The van der Waals surface area contributed by atoms with Gasteiger partial charge in [-0.1, -0.05) is 30.3 Å². The number of aromatic nitrogens is 3. The van der Waals surface area contributed by atoms with Crippen LogP contribution < -0.4 is 14.8 Å². The van der Waals surface area contributed by atoms with Gasteiger partial charge in [-0.2, -0.15) is 0 Å². The third kappa shape index (κ3) is 4.86. The van der Waals surface area contributed by atoms with Gasteiger partial charge in [0.2, 0.25) is 5.91 Å². The van der Waals surface area contributed by atoms with Crippen molar-refractivity contribution in [3.8, 4) is 17.1 Å². The standard InChI is InChI=1S/C24H27N5O3/c1-24(2,3)27-22(30)21-19-15-29(31)16-26-23(19)32-13-12-28(21)14-17-8-4-5-9-18(17)20-10-6-7-11-25-20/h4-11,15-16,21H,12-14H2,1-3H3,(H,27,30). The number of fused-ring (bicyclic) bond motifs is 1. The highest BCUT2D eigenvalue weighted by atomic mass is 16.5. The fraction of sp³-hybridized carbons (Fsp3) is 0.333. The van der Waals surface area contributed by atoms with Crippen molar-refractivity contribution in [1.29, 1.82) is 0 Å². The van der Waals surface area contributed by atoms with Crippen molar-refractivity contribution in [2.24, 2.45) is 0 Å². The summed E-state index contributed by atoms with van der Waals surface area (Å²) in [6.45, 7) is 7.11. The van der Waals surface area contributed by atoms with Crippen LogP contribution in [0.4, 0.5) is 0 Å². The molecule has 1 aliphatic rings. The Balaban J connectivity index is 1.75. The van der Waals surface area contributed by atoms with Crippen LogP contribution in [0, 0.1) is 5.21 Å². The van der Waals surface area contributed by atoms with Crippen molar-refractivity contribution in [3.05, 3.63) is 77.5 Å². The zero-order chi connectivity index (χ0) is 22.7. The van der Waals surface area contributed by atoms with Crippen molar-refractivity contribution in [3.63, 3.8) is 0 Å². The quantitative estimate of drug-likeness (QED) is 0.502. The maximum absolute atomic E-state index is 13.4. The van der Waals surface area contributed by atoms with E-state index in [9.17, 15) is 10.0 Å². The SMILES string of the molecule is CC(C)(C)NC(=O)C1c2c[n+]([O-])cnc2OCCN1Cc1ccccc1-c1ccccn1. The summed E-state index contributed by atoms with van der Waals surface area (Å²) >= 11 is 0. The van der Waals surface area contributed by atoms with Crippen LogP contribution in [0.2, 0.25) is 0 Å². The number of carbonyl (C=O) groups excluding carboxylic acids is 1. The molecule has 0 saturated carbocycles. The summed E-state index contributed by atoms with van der Waals surface area (Å²) in [6, 6.07) is 13.1. The number of rotatable bonds is 4. The lowest BCUT2D eigenvalue weighted by atomic mass is 10.0. The molecule has 1 aliphatic heterocycles. The van der Waals surface area contributed by atoms with Crippen LogP contribution in [-0.4, -0.2) is 39.5 Å². The number of ether oxygens (including phenoxy) is 1. The van der Waals surface area contributed by atoms with Crippen LogP contribution in [0.1, 0.15) is 37.9 Å². The van der Waals surface area contributed by atoms with Gasteiger partial charge in [0.25, 0.3) is 6.33 Å². The molecule has 0 saturated heterocycles. The molecule has 1 amide bonds. The highest BCUT2D eigenvalue weighted by molar-refractivity contribution is 5.84. The van der Waals surface area contributed by atoms with Crippen molar-refractivity contribution in [2.45, 2.75) is 38.9 Å². The molecule has 1 N–H and O–H groups in total. The Bertz CT molecular complexity index is 1100. The van der Waals surface area contributed by atoms with E-state index in [1.165, 1.54) is 6.20 Å². The van der Waals surface area contributed by atoms with E-state index in [0.717, 1.165) is 23.1 Å². The summed E-state index contributed by atoms with van der Waals surface area (Å²) in [7, 11) is 0. The second-order valence-corrected chi connectivity index (χ2v) is 8.83. The number of hydrogen-bond acceptors (Lipinski definition) is 6. The van der Waals surface area contributed by atoms with Gasteiger partial charge in [-0.3, -0.25) is 14.7 Å². The molecule has 1 unspecified atom stereocenters. The maximum atomic E-state index is 13.4. The molecular formula is C24H27N5O3. The largest absolute Gasteiger partial charge is 0.711 e. The molecule has 0 bridgehead atoms. The number of nitrogens with zero attached hydrogens (tertiary/aromatic N) is 4. The molecular weight excluding hydrogens is 406 g/mol. The summed E-state index contributed by atoms with van der Waals surface area (Å²) in [5.41, 5.74) is 2.92. The zero-order valence-corrected chi connectivity index (χ0v) is 18.5. The smallest absolute Gasteiger partial charge is 0.336 e. The molecule has 32 heavy (non-hydrogen) atoms. The lowest BCUT2D eigenvalue weighted by Crippen LogP contribution is -2.48. The molecule has 0 fully saturated rings. The Hall–Kier alpha value is -3.52. The van der Waals surface area contributed by atoms with E-state index in [4.69, 9.17) is 4.74 Å². The van der Waals surface area contributed by atoms with E-state index in [0.29, 0.717) is 35.9 Å². The Labute approximate surface area is 187 Å². The lowest BCUT2D eigenvalue weighted by molar-refractivity contribution is -0.609. The van der Waals surface area contributed by atoms with E-state index in [1.807, 2.05) is 68.1 Å². The van der Waals surface area contributed by atoms with Gasteiger partial charge in [0.05, 0.1) is 5.69 Å². The molecule has 4 rings (SSSR count). The van der Waals surface area contributed by atoms with Gasteiger partial charge in [0.1, 0.15) is 24.4 Å². The summed E-state index contributed by atoms with van der Waals surface area (Å²) in [5, 5.41) is 15.1. The number of carbonyl (C=O) groups is 1. The number of hydrogen-bond donors (Lipinski definition) is 1. The lowest BCUT2D eigenvalue weighted by Gasteiger charge is -2.31. The van der Waals surface area contributed by atoms with Gasteiger partial charge in [-0.25, -0.2) is 4.73 Å². The normalized spacial score (nSPS) is 16.5. The van der Waals surface area contributed by atoms with Crippen molar-refractivity contribution >= 4 is 5.91 Å². The molecule has 0 aliphatic carbocycles. The molecule has 2 aromatic heterocycles. The number of nitrogens with one attached hydrogen (secondary N) is 1. The maximum Gasteiger partial charge on any atom is 0.336 e. The minimum Gasteiger partial charge on any atom is -0.711 e. The predicted octanol–water partition coefficient (Wildman–Crippen LogP) is 2.63. The van der Waals surface area contributed by atoms with Crippen molar-refractivity contribution < 1.29 is 14.3 Å². The Kier molecular flexibility index (Phi) is 6.05. The van der Waals surface area contributed by atoms with Gasteiger partial charge in [0, 0.05) is 30.4 Å². The van der Waals surface area contributed by atoms with Crippen molar-refractivity contribution in [2.75, 3.05) is 13.2 Å². The first-order chi connectivity index (χ1) is 15.3. The molecule has 8 nitrogen and oxygen atoms in total. The zero-order valence-electron chi connectivity index (χ0n) is 18.5. The topological polar surface area (TPSA) is 94.3 Å². The first-order valence-electron chi connectivity index (χ1n) is 10.6. The first kappa shape index (κ1) is 21.7. The highest BCUT2D eigenvalue weighted by Crippen LogP contribution is 2.33. The van der Waals surface area contributed by atoms with Crippen molar-refractivity contribution in [1.82, 2.24) is 20.2 Å². The fourth-order valence-electron chi connectivity index (χ4n) is 3.87. The predicted molar refractivity (Wildman–Crippen MR) is 119 cm³/mol. The molecule has 0 radical (unpaired) electrons. The van der Waals surface area contributed by atoms with Crippen LogP contribution in [-0.2, 0) is 11.3 Å². The fourth-order valence-corrected chi connectivity index (χ4v) is 3.87. The Morgan fingerprint density at radius 1 is 1.22 bits per heavy atom. The van der Waals surface area contributed by atoms with Gasteiger partial charge >= 0.3 is 5.88 Å². The van der Waals surface area contributed by atoms with Crippen LogP contribution in [0.25, 0.3) is 11.3 Å². The van der Waals surface area contributed by atoms with Crippen LogP contribution in [0.3, 0.4) is 0 Å². The average molecular weight is 434 g/mol. The minimum absolute atomic E-state index is 0.201. The summed E-state index contributed by atoms with van der Waals surface area (Å²) < 4.78 is 6.40. The second-order valence-electron chi connectivity index (χ2n) is 8.83. The molecule has 8 heteroatoms. The van der Waals surface area contributed by atoms with E-state index >= 15 is 0 Å². The van der Waals surface area contributed by atoms with E-state index in [-0.39, 0.29) is 5.91 Å². The molecule has 3 aromatic rings. The molecule has 1 aromatic carbocycles. The van der Waals surface area contributed by atoms with Crippen LogP contribution >= 0.6 is 0 Å². The minimum atomic E-state index is -0.725. The monoisotopic (exact) mass is 433 g/mol. The number of amides is 1. The van der Waals surface area contributed by atoms with E-state index in [2.05, 4.69) is 15.3 Å². The van der Waals surface area contributed by atoms with Gasteiger partial charge in [0.15, 0.2) is 0 Å². The summed E-state index contributed by atoms with van der Waals surface area (Å²) in [4.78, 5) is 24.1. The van der Waals surface area contributed by atoms with Crippen LogP contribution in [0.15, 0.2) is 61.2 Å². The first-order valence-corrected chi connectivity index (χ1v) is 10.6. The molecule has 3 heterocycles. The average Bonchev–Trinajstić information content (AvgIpc) is 2.92. The van der Waals surface area contributed by atoms with Gasteiger partial charge in [-0.15, -0.1) is 0 Å². The third-order valence-electron chi connectivity index (χ3n) is 5.16. The van der Waals surface area contributed by atoms with E-state index in [1.54, 1.807) is 6.20 Å². The van der Waals surface area contributed by atoms with Gasteiger partial charge in [-0.05, 0) is 43.5 Å². The van der Waals surface area contributed by atoms with Crippen LogP contribution in [0.5, 0.6) is 5.88 Å². The Morgan fingerprint density at radius 2 is 2.00 bits per heavy atom. The summed E-state index contributed by atoms with van der Waals surface area (Å²) in [6.07, 6.45) is 4.28. The third-order valence-corrected chi connectivity index (χ3v) is 5.16. The highest BCUT2D eigenvalue weighted by Gasteiger charge is 2.37. The molecule has 0 spiro atoms. The second kappa shape index (κ2) is 8.92. The molecule has 1 atom stereocenters. The number of benzene rings is 1. The number of pyridine rings is 1. The summed E-state index contributed by atoms with van der Waals surface area (Å²) in [5.74, 6) is 0.110.